The third-order valence-electron chi connectivity index (χ3n) is 2.87. The van der Waals surface area contributed by atoms with Crippen LogP contribution in [0, 0.1) is 23.7 Å². The van der Waals surface area contributed by atoms with Crippen LogP contribution in [0.5, 0.6) is 5.75 Å². The third-order valence-corrected chi connectivity index (χ3v) is 2.87. The van der Waals surface area contributed by atoms with Gasteiger partial charge in [0.15, 0.2) is 5.78 Å². The van der Waals surface area contributed by atoms with E-state index in [1.165, 1.54) is 0 Å². The molecule has 0 spiro atoms. The molecule has 0 aliphatic heterocycles. The second-order valence-electron chi connectivity index (χ2n) is 5.13. The van der Waals surface area contributed by atoms with Crippen molar-refractivity contribution in [3.8, 4) is 11.8 Å². The lowest BCUT2D eigenvalue weighted by molar-refractivity contribution is 0.101. The van der Waals surface area contributed by atoms with Gasteiger partial charge in [-0.25, -0.2) is 0 Å². The zero-order valence-corrected chi connectivity index (χ0v) is 11.4. The van der Waals surface area contributed by atoms with E-state index in [1.54, 1.807) is 13.0 Å². The van der Waals surface area contributed by atoms with Gasteiger partial charge in [0.2, 0.25) is 0 Å². The highest BCUT2D eigenvalue weighted by Crippen LogP contribution is 2.22. The van der Waals surface area contributed by atoms with Crippen LogP contribution in [0.3, 0.4) is 0 Å². The zero-order chi connectivity index (χ0) is 13.8. The summed E-state index contributed by atoms with van der Waals surface area (Å²) in [7, 11) is 0. The van der Waals surface area contributed by atoms with Crippen LogP contribution in [-0.2, 0) is 0 Å². The summed E-state index contributed by atoms with van der Waals surface area (Å²) >= 11 is 0. The summed E-state index contributed by atoms with van der Waals surface area (Å²) in [5, 5.41) is 8.90. The molecule has 0 aromatic heterocycles. The SMILES string of the molecule is CC(=O)c1ccc(OCCC(C)(C)C#N)c(C)c1. The molecule has 0 aliphatic rings. The Balaban J connectivity index is 2.65. The number of ketones is 1. The molecule has 0 fully saturated rings. The van der Waals surface area contributed by atoms with Gasteiger partial charge < -0.3 is 4.74 Å². The molecule has 0 aliphatic carbocycles. The lowest BCUT2D eigenvalue weighted by atomic mass is 9.92. The maximum absolute atomic E-state index is 11.2. The minimum absolute atomic E-state index is 0.0512. The molecule has 18 heavy (non-hydrogen) atoms. The molecule has 0 unspecified atom stereocenters. The lowest BCUT2D eigenvalue weighted by Gasteiger charge is -2.16. The molecule has 0 amide bonds. The lowest BCUT2D eigenvalue weighted by Crippen LogP contribution is -2.13. The summed E-state index contributed by atoms with van der Waals surface area (Å²) in [6.07, 6.45) is 0.678. The van der Waals surface area contributed by atoms with Crippen LogP contribution in [-0.4, -0.2) is 12.4 Å². The molecule has 3 nitrogen and oxygen atoms in total. The van der Waals surface area contributed by atoms with E-state index in [0.29, 0.717) is 18.6 Å². The molecule has 0 saturated carbocycles. The predicted octanol–water partition coefficient (Wildman–Crippen LogP) is 3.52. The van der Waals surface area contributed by atoms with Crippen LogP contribution < -0.4 is 4.74 Å². The summed E-state index contributed by atoms with van der Waals surface area (Å²) < 4.78 is 5.65. The van der Waals surface area contributed by atoms with E-state index >= 15 is 0 Å². The maximum Gasteiger partial charge on any atom is 0.159 e. The Morgan fingerprint density at radius 3 is 2.61 bits per heavy atom. The summed E-state index contributed by atoms with van der Waals surface area (Å²) in [5.74, 6) is 0.823. The van der Waals surface area contributed by atoms with Gasteiger partial charge in [-0.3, -0.25) is 4.79 Å². The van der Waals surface area contributed by atoms with Crippen LogP contribution in [0.2, 0.25) is 0 Å². The van der Waals surface area contributed by atoms with Gasteiger partial charge in [-0.15, -0.1) is 0 Å². The molecule has 96 valence electrons. The first-order chi connectivity index (χ1) is 8.35. The van der Waals surface area contributed by atoms with Crippen molar-refractivity contribution < 1.29 is 9.53 Å². The number of carbonyl (C=O) groups excluding carboxylic acids is 1. The van der Waals surface area contributed by atoms with Gasteiger partial charge >= 0.3 is 0 Å². The number of aryl methyl sites for hydroxylation is 1. The van der Waals surface area contributed by atoms with Gasteiger partial charge in [0, 0.05) is 5.56 Å². The fourth-order valence-corrected chi connectivity index (χ4v) is 1.50. The Morgan fingerprint density at radius 2 is 2.11 bits per heavy atom. The molecule has 0 N–H and O–H groups in total. The van der Waals surface area contributed by atoms with Crippen molar-refractivity contribution >= 4 is 5.78 Å². The molecule has 1 aromatic carbocycles. The topological polar surface area (TPSA) is 50.1 Å². The first-order valence-electron chi connectivity index (χ1n) is 6.01. The summed E-state index contributed by atoms with van der Waals surface area (Å²) in [6.45, 7) is 7.74. The molecule has 1 rings (SSSR count). The van der Waals surface area contributed by atoms with E-state index in [1.807, 2.05) is 32.9 Å². The molecule has 3 heteroatoms. The maximum atomic E-state index is 11.2. The van der Waals surface area contributed by atoms with Crippen LogP contribution in [0.25, 0.3) is 0 Å². The summed E-state index contributed by atoms with van der Waals surface area (Å²) in [4.78, 5) is 11.2. The second-order valence-corrected chi connectivity index (χ2v) is 5.13. The average molecular weight is 245 g/mol. The van der Waals surface area contributed by atoms with Crippen molar-refractivity contribution in [2.24, 2.45) is 5.41 Å². The highest BCUT2D eigenvalue weighted by atomic mass is 16.5. The number of nitrogens with zero attached hydrogens (tertiary/aromatic N) is 1. The highest BCUT2D eigenvalue weighted by Gasteiger charge is 2.16. The van der Waals surface area contributed by atoms with Gasteiger partial charge in [-0.1, -0.05) is 0 Å². The number of carbonyl (C=O) groups is 1. The Kier molecular flexibility index (Phi) is 4.49. The monoisotopic (exact) mass is 245 g/mol. The van der Waals surface area contributed by atoms with Crippen LogP contribution in [0.15, 0.2) is 18.2 Å². The van der Waals surface area contributed by atoms with E-state index in [0.717, 1.165) is 11.3 Å². The average Bonchev–Trinajstić information content (AvgIpc) is 2.31. The van der Waals surface area contributed by atoms with Crippen molar-refractivity contribution in [2.45, 2.75) is 34.1 Å². The Hall–Kier alpha value is -1.82. The van der Waals surface area contributed by atoms with E-state index in [2.05, 4.69) is 6.07 Å². The number of rotatable bonds is 5. The largest absolute Gasteiger partial charge is 0.493 e. The van der Waals surface area contributed by atoms with Crippen molar-refractivity contribution in [1.82, 2.24) is 0 Å². The first-order valence-corrected chi connectivity index (χ1v) is 6.01. The molecule has 0 atom stereocenters. The predicted molar refractivity (Wildman–Crippen MR) is 70.7 cm³/mol. The Morgan fingerprint density at radius 1 is 1.44 bits per heavy atom. The molecular weight excluding hydrogens is 226 g/mol. The van der Waals surface area contributed by atoms with Gasteiger partial charge in [-0.2, -0.15) is 5.26 Å². The molecule has 0 bridgehead atoms. The smallest absolute Gasteiger partial charge is 0.159 e. The first kappa shape index (κ1) is 14.2. The van der Waals surface area contributed by atoms with Gasteiger partial charge in [0.05, 0.1) is 18.1 Å². The van der Waals surface area contributed by atoms with Crippen LogP contribution >= 0.6 is 0 Å². The molecular formula is C15H19NO2. The number of ether oxygens (including phenoxy) is 1. The number of hydrogen-bond donors (Lipinski definition) is 0. The Labute approximate surface area is 108 Å². The van der Waals surface area contributed by atoms with Crippen LogP contribution in [0.4, 0.5) is 0 Å². The van der Waals surface area contributed by atoms with E-state index < -0.39 is 0 Å². The fourth-order valence-electron chi connectivity index (χ4n) is 1.50. The third kappa shape index (κ3) is 3.89. The molecule has 0 radical (unpaired) electrons. The highest BCUT2D eigenvalue weighted by molar-refractivity contribution is 5.94. The van der Waals surface area contributed by atoms with Gasteiger partial charge in [-0.05, 0) is 57.9 Å². The molecule has 1 aromatic rings. The summed E-state index contributed by atoms with van der Waals surface area (Å²) in [5.41, 5.74) is 1.27. The fraction of sp³-hybridized carbons (Fsp3) is 0.467. The molecule has 0 saturated heterocycles. The normalized spacial score (nSPS) is 10.8. The zero-order valence-electron chi connectivity index (χ0n) is 11.4. The Bertz CT molecular complexity index is 484. The standard InChI is InChI=1S/C15H19NO2/c1-11-9-13(12(2)17)5-6-14(11)18-8-7-15(3,4)10-16/h5-6,9H,7-8H2,1-4H3. The quantitative estimate of drug-likeness (QED) is 0.746. The van der Waals surface area contributed by atoms with Gasteiger partial charge in [0.1, 0.15) is 5.75 Å². The van der Waals surface area contributed by atoms with Crippen molar-refractivity contribution in [3.05, 3.63) is 29.3 Å². The summed E-state index contributed by atoms with van der Waals surface area (Å²) in [6, 6.07) is 7.64. The number of nitriles is 1. The molecule has 0 heterocycles. The number of Topliss-reactive ketones (excluding diaryl/α,β-unsaturated/α-hetero) is 1. The minimum atomic E-state index is -0.368. The van der Waals surface area contributed by atoms with Crippen molar-refractivity contribution in [2.75, 3.05) is 6.61 Å². The van der Waals surface area contributed by atoms with Crippen molar-refractivity contribution in [3.63, 3.8) is 0 Å². The number of benzene rings is 1. The minimum Gasteiger partial charge on any atom is -0.493 e. The second kappa shape index (κ2) is 5.68. The van der Waals surface area contributed by atoms with E-state index in [-0.39, 0.29) is 11.2 Å². The van der Waals surface area contributed by atoms with Crippen LogP contribution in [0.1, 0.15) is 43.1 Å². The number of hydrogen-bond acceptors (Lipinski definition) is 3. The van der Waals surface area contributed by atoms with Crippen molar-refractivity contribution in [1.29, 1.82) is 5.26 Å². The van der Waals surface area contributed by atoms with E-state index in [9.17, 15) is 4.79 Å². The van der Waals surface area contributed by atoms with E-state index in [4.69, 9.17) is 10.00 Å². The van der Waals surface area contributed by atoms with Gasteiger partial charge in [0.25, 0.3) is 0 Å².